The van der Waals surface area contributed by atoms with E-state index >= 15 is 0 Å². The molecule has 3 aromatic heterocycles. The van der Waals surface area contributed by atoms with Crippen LogP contribution in [0.3, 0.4) is 0 Å². The number of nitrogens with one attached hydrogen (secondary N) is 2. The van der Waals surface area contributed by atoms with E-state index in [2.05, 4.69) is 25.5 Å². The van der Waals surface area contributed by atoms with E-state index in [0.717, 1.165) is 20.8 Å². The molecule has 0 saturated heterocycles. The fraction of sp³-hybridized carbons (Fsp3) is 0.125. The number of carbonyl (C=O) groups is 1. The lowest BCUT2D eigenvalue weighted by Crippen LogP contribution is -2.13. The molecule has 0 fully saturated rings. The van der Waals surface area contributed by atoms with Gasteiger partial charge in [-0.25, -0.2) is 9.97 Å². The van der Waals surface area contributed by atoms with Gasteiger partial charge in [0.05, 0.1) is 28.0 Å². The van der Waals surface area contributed by atoms with Gasteiger partial charge in [0.25, 0.3) is 0 Å². The number of methoxy groups -OCH3 is 1. The van der Waals surface area contributed by atoms with Crippen molar-refractivity contribution in [1.29, 1.82) is 0 Å². The highest BCUT2D eigenvalue weighted by molar-refractivity contribution is 7.99. The van der Waals surface area contributed by atoms with Crippen molar-refractivity contribution in [2.24, 2.45) is 0 Å². The first-order valence-electron chi connectivity index (χ1n) is 7.55. The molecule has 0 aliphatic carbocycles. The van der Waals surface area contributed by atoms with Gasteiger partial charge in [0.15, 0.2) is 11.0 Å². The van der Waals surface area contributed by atoms with E-state index in [4.69, 9.17) is 4.74 Å². The van der Waals surface area contributed by atoms with Crippen molar-refractivity contribution in [1.82, 2.24) is 20.2 Å². The van der Waals surface area contributed by atoms with Gasteiger partial charge in [-0.3, -0.25) is 9.89 Å². The Labute approximate surface area is 160 Å². The van der Waals surface area contributed by atoms with Gasteiger partial charge >= 0.3 is 0 Å². The molecule has 4 aromatic rings. The summed E-state index contributed by atoms with van der Waals surface area (Å²) in [5.74, 6) is 1.54. The topological polar surface area (TPSA) is 92.8 Å². The second-order valence-corrected chi connectivity index (χ2v) is 8.05. The Kier molecular flexibility index (Phi) is 4.87. The first-order valence-corrected chi connectivity index (χ1v) is 10.2. The Hall–Kier alpha value is -2.43. The Balaban J connectivity index is 1.37. The van der Waals surface area contributed by atoms with Crippen LogP contribution in [0, 0.1) is 0 Å². The molecule has 1 amide bonds. The Bertz CT molecular complexity index is 1040. The summed E-state index contributed by atoms with van der Waals surface area (Å²) in [6.07, 6.45) is 0. The zero-order chi connectivity index (χ0) is 17.9. The molecule has 4 rings (SSSR count). The lowest BCUT2D eigenvalue weighted by molar-refractivity contribution is -0.113. The first kappa shape index (κ1) is 17.0. The van der Waals surface area contributed by atoms with Crippen LogP contribution in [0.25, 0.3) is 20.9 Å². The fourth-order valence-corrected chi connectivity index (χ4v) is 4.38. The van der Waals surface area contributed by atoms with Crippen LogP contribution in [0.15, 0.2) is 40.9 Å². The summed E-state index contributed by atoms with van der Waals surface area (Å²) in [6, 6.07) is 9.54. The molecule has 0 aliphatic heterocycles. The quantitative estimate of drug-likeness (QED) is 0.475. The van der Waals surface area contributed by atoms with Crippen molar-refractivity contribution in [3.63, 3.8) is 0 Å². The number of amides is 1. The molecule has 132 valence electrons. The number of rotatable bonds is 6. The van der Waals surface area contributed by atoms with Gasteiger partial charge in [0, 0.05) is 0 Å². The Morgan fingerprint density at radius 1 is 1.35 bits per heavy atom. The number of benzene rings is 1. The highest BCUT2D eigenvalue weighted by atomic mass is 32.2. The van der Waals surface area contributed by atoms with Gasteiger partial charge in [-0.05, 0) is 29.6 Å². The third kappa shape index (κ3) is 3.71. The average Bonchev–Trinajstić information content (AvgIpc) is 3.38. The molecule has 3 heterocycles. The molecule has 0 radical (unpaired) electrons. The number of ether oxygens (including phenoxy) is 1. The zero-order valence-electron chi connectivity index (χ0n) is 13.6. The summed E-state index contributed by atoms with van der Waals surface area (Å²) >= 11 is 4.27. The summed E-state index contributed by atoms with van der Waals surface area (Å²) < 4.78 is 6.16. The molecular weight excluding hydrogens is 390 g/mol. The van der Waals surface area contributed by atoms with Crippen molar-refractivity contribution in [3.05, 3.63) is 35.7 Å². The van der Waals surface area contributed by atoms with Crippen LogP contribution in [0.4, 0.5) is 5.13 Å². The predicted octanol–water partition coefficient (Wildman–Crippen LogP) is 3.88. The summed E-state index contributed by atoms with van der Waals surface area (Å²) in [5, 5.41) is 12.9. The van der Waals surface area contributed by atoms with Crippen molar-refractivity contribution in [2.45, 2.75) is 5.16 Å². The van der Waals surface area contributed by atoms with Crippen LogP contribution in [0.1, 0.15) is 0 Å². The number of aromatic amines is 1. The Morgan fingerprint density at radius 2 is 2.27 bits per heavy atom. The highest BCUT2D eigenvalue weighted by Crippen LogP contribution is 2.29. The first-order chi connectivity index (χ1) is 12.7. The number of nitrogens with zero attached hydrogens (tertiary/aromatic N) is 3. The van der Waals surface area contributed by atoms with Crippen LogP contribution in [-0.4, -0.2) is 38.9 Å². The molecule has 1 aromatic carbocycles. The number of anilines is 1. The number of carbonyl (C=O) groups excluding carboxylic acids is 1. The molecule has 10 heteroatoms. The summed E-state index contributed by atoms with van der Waals surface area (Å²) in [7, 11) is 1.62. The second-order valence-electron chi connectivity index (χ2n) is 5.13. The van der Waals surface area contributed by atoms with Crippen LogP contribution in [-0.2, 0) is 4.79 Å². The molecule has 26 heavy (non-hydrogen) atoms. The maximum absolute atomic E-state index is 12.2. The van der Waals surface area contributed by atoms with Gasteiger partial charge in [-0.1, -0.05) is 29.2 Å². The fourth-order valence-electron chi connectivity index (χ4n) is 2.21. The van der Waals surface area contributed by atoms with Crippen molar-refractivity contribution in [2.75, 3.05) is 18.2 Å². The van der Waals surface area contributed by atoms with Gasteiger partial charge in [0.1, 0.15) is 5.75 Å². The van der Waals surface area contributed by atoms with Crippen LogP contribution in [0.2, 0.25) is 0 Å². The van der Waals surface area contributed by atoms with Crippen molar-refractivity contribution in [3.8, 4) is 16.5 Å². The minimum absolute atomic E-state index is 0.150. The van der Waals surface area contributed by atoms with Gasteiger partial charge in [-0.15, -0.1) is 16.4 Å². The van der Waals surface area contributed by atoms with E-state index in [1.54, 1.807) is 18.4 Å². The number of thiophene rings is 1. The number of thioether (sulfide) groups is 1. The minimum Gasteiger partial charge on any atom is -0.497 e. The number of hydrogen-bond donors (Lipinski definition) is 2. The van der Waals surface area contributed by atoms with E-state index in [-0.39, 0.29) is 11.7 Å². The molecule has 0 saturated carbocycles. The van der Waals surface area contributed by atoms with Crippen molar-refractivity contribution < 1.29 is 9.53 Å². The number of fused-ring (bicyclic) bond motifs is 1. The molecule has 0 unspecified atom stereocenters. The van der Waals surface area contributed by atoms with Crippen LogP contribution in [0.5, 0.6) is 5.75 Å². The largest absolute Gasteiger partial charge is 0.497 e. The maximum atomic E-state index is 12.2. The van der Waals surface area contributed by atoms with Gasteiger partial charge < -0.3 is 10.1 Å². The SMILES string of the molecule is COc1ccc2nc(NC(=O)CSc3n[nH]c(-c4cccs4)n3)sc2c1. The highest BCUT2D eigenvalue weighted by Gasteiger charge is 2.12. The smallest absolute Gasteiger partial charge is 0.236 e. The van der Waals surface area contributed by atoms with E-state index in [0.29, 0.717) is 16.1 Å². The van der Waals surface area contributed by atoms with E-state index in [1.165, 1.54) is 23.1 Å². The summed E-state index contributed by atoms with van der Waals surface area (Å²) in [4.78, 5) is 22.0. The average molecular weight is 404 g/mol. The monoisotopic (exact) mass is 403 g/mol. The predicted molar refractivity (Wildman–Crippen MR) is 105 cm³/mol. The number of hydrogen-bond acceptors (Lipinski definition) is 8. The Morgan fingerprint density at radius 3 is 3.08 bits per heavy atom. The standard InChI is InChI=1S/C16H13N5O2S3/c1-23-9-4-5-10-12(7-9)26-15(17-10)18-13(22)8-25-16-19-14(20-21-16)11-3-2-6-24-11/h2-7H,8H2,1H3,(H,17,18,22)(H,19,20,21). The molecule has 2 N–H and O–H groups in total. The zero-order valence-corrected chi connectivity index (χ0v) is 16.0. The normalized spacial score (nSPS) is 11.0. The van der Waals surface area contributed by atoms with Crippen LogP contribution < -0.4 is 10.1 Å². The summed E-state index contributed by atoms with van der Waals surface area (Å²) in [5.41, 5.74) is 0.827. The minimum atomic E-state index is -0.150. The summed E-state index contributed by atoms with van der Waals surface area (Å²) in [6.45, 7) is 0. The second kappa shape index (κ2) is 7.44. The number of thiazole rings is 1. The number of aromatic nitrogens is 4. The van der Waals surface area contributed by atoms with E-state index in [9.17, 15) is 4.79 Å². The third-order valence-corrected chi connectivity index (χ3v) is 6.05. The van der Waals surface area contributed by atoms with E-state index in [1.807, 2.05) is 35.7 Å². The maximum Gasteiger partial charge on any atom is 0.236 e. The van der Waals surface area contributed by atoms with Gasteiger partial charge in [0.2, 0.25) is 11.1 Å². The molecule has 0 spiro atoms. The molecule has 0 aliphatic rings. The number of H-pyrrole nitrogens is 1. The molecule has 7 nitrogen and oxygen atoms in total. The van der Waals surface area contributed by atoms with Gasteiger partial charge in [-0.2, -0.15) is 0 Å². The lowest BCUT2D eigenvalue weighted by atomic mass is 10.3. The van der Waals surface area contributed by atoms with Crippen molar-refractivity contribution >= 4 is 55.7 Å². The molecule has 0 atom stereocenters. The van der Waals surface area contributed by atoms with E-state index < -0.39 is 0 Å². The molecular formula is C16H13N5O2S3. The lowest BCUT2D eigenvalue weighted by Gasteiger charge is -1.98. The molecule has 0 bridgehead atoms. The third-order valence-electron chi connectivity index (χ3n) is 3.39. The van der Waals surface area contributed by atoms with Crippen LogP contribution >= 0.6 is 34.4 Å².